The highest BCUT2D eigenvalue weighted by Crippen LogP contribution is 2.20. The molecule has 0 saturated heterocycles. The van der Waals surface area contributed by atoms with E-state index in [0.29, 0.717) is 12.0 Å². The van der Waals surface area contributed by atoms with Gasteiger partial charge in [0.25, 0.3) is 0 Å². The second-order valence-corrected chi connectivity index (χ2v) is 7.14. The molecule has 0 radical (unpaired) electrons. The summed E-state index contributed by atoms with van der Waals surface area (Å²) in [5, 5.41) is 0. The van der Waals surface area contributed by atoms with Crippen LogP contribution in [0.5, 0.6) is 0 Å². The minimum absolute atomic E-state index is 0.281. The van der Waals surface area contributed by atoms with Crippen molar-refractivity contribution in [1.82, 2.24) is 4.98 Å². The number of halogens is 1. The molecule has 1 aromatic carbocycles. The van der Waals surface area contributed by atoms with Gasteiger partial charge in [-0.05, 0) is 73.3 Å². The summed E-state index contributed by atoms with van der Waals surface area (Å²) in [7, 11) is 0. The van der Waals surface area contributed by atoms with Gasteiger partial charge in [-0.3, -0.25) is 0 Å². The molecule has 2 aromatic rings. The lowest BCUT2D eigenvalue weighted by Crippen LogP contribution is -2.24. The van der Waals surface area contributed by atoms with E-state index in [1.54, 1.807) is 0 Å². The van der Waals surface area contributed by atoms with Crippen molar-refractivity contribution in [3.05, 3.63) is 63.4 Å². The third-order valence-corrected chi connectivity index (χ3v) is 3.54. The zero-order valence-corrected chi connectivity index (χ0v) is 14.9. The Bertz CT molecular complexity index is 672. The normalized spacial score (nSPS) is 11.3. The molecule has 4 heteroatoms. The Balaban J connectivity index is 2.31. The standard InChI is InChI=1S/C18H20BrNO2/c1-12-5-7-14(10-13-6-8-16(19)20-11-13)15(9-12)17(21)22-18(2,3)4/h5-9,11H,10H2,1-4H3. The first-order chi connectivity index (χ1) is 10.2. The van der Waals surface area contributed by atoms with E-state index in [2.05, 4.69) is 20.9 Å². The predicted molar refractivity (Wildman–Crippen MR) is 91.1 cm³/mol. The van der Waals surface area contributed by atoms with E-state index < -0.39 is 5.60 Å². The van der Waals surface area contributed by atoms with Crippen molar-refractivity contribution in [3.8, 4) is 0 Å². The molecule has 116 valence electrons. The van der Waals surface area contributed by atoms with Crippen LogP contribution in [0.1, 0.15) is 47.8 Å². The monoisotopic (exact) mass is 361 g/mol. The highest BCUT2D eigenvalue weighted by atomic mass is 79.9. The zero-order chi connectivity index (χ0) is 16.3. The van der Waals surface area contributed by atoms with Gasteiger partial charge in [-0.25, -0.2) is 9.78 Å². The molecule has 0 N–H and O–H groups in total. The zero-order valence-electron chi connectivity index (χ0n) is 13.3. The van der Waals surface area contributed by atoms with Crippen molar-refractivity contribution in [2.24, 2.45) is 0 Å². The average molecular weight is 362 g/mol. The van der Waals surface area contributed by atoms with Gasteiger partial charge in [-0.2, -0.15) is 0 Å². The highest BCUT2D eigenvalue weighted by molar-refractivity contribution is 9.10. The Labute approximate surface area is 139 Å². The van der Waals surface area contributed by atoms with Crippen molar-refractivity contribution in [2.75, 3.05) is 0 Å². The first-order valence-corrected chi connectivity index (χ1v) is 7.97. The lowest BCUT2D eigenvalue weighted by Gasteiger charge is -2.21. The first-order valence-electron chi connectivity index (χ1n) is 7.18. The van der Waals surface area contributed by atoms with E-state index in [0.717, 1.165) is 21.3 Å². The Morgan fingerprint density at radius 3 is 2.55 bits per heavy atom. The first kappa shape index (κ1) is 16.7. The molecular weight excluding hydrogens is 342 g/mol. The van der Waals surface area contributed by atoms with Gasteiger partial charge in [-0.1, -0.05) is 23.8 Å². The minimum atomic E-state index is -0.503. The molecule has 0 atom stereocenters. The van der Waals surface area contributed by atoms with Crippen LogP contribution in [-0.2, 0) is 11.2 Å². The van der Waals surface area contributed by atoms with Crippen molar-refractivity contribution >= 4 is 21.9 Å². The minimum Gasteiger partial charge on any atom is -0.456 e. The topological polar surface area (TPSA) is 39.2 Å². The fourth-order valence-electron chi connectivity index (χ4n) is 2.10. The van der Waals surface area contributed by atoms with E-state index in [1.807, 2.05) is 64.2 Å². The second kappa shape index (κ2) is 6.61. The van der Waals surface area contributed by atoms with E-state index in [9.17, 15) is 4.79 Å². The molecular formula is C18H20BrNO2. The summed E-state index contributed by atoms with van der Waals surface area (Å²) in [5.74, 6) is -0.281. The highest BCUT2D eigenvalue weighted by Gasteiger charge is 2.20. The second-order valence-electron chi connectivity index (χ2n) is 6.33. The summed E-state index contributed by atoms with van der Waals surface area (Å²) in [5.41, 5.74) is 3.16. The lowest BCUT2D eigenvalue weighted by molar-refractivity contribution is 0.00684. The molecule has 0 saturated carbocycles. The number of pyridine rings is 1. The molecule has 0 aliphatic heterocycles. The number of benzene rings is 1. The molecule has 22 heavy (non-hydrogen) atoms. The third kappa shape index (κ3) is 4.67. The summed E-state index contributed by atoms with van der Waals surface area (Å²) in [6.45, 7) is 7.59. The van der Waals surface area contributed by atoms with Crippen LogP contribution in [0.3, 0.4) is 0 Å². The number of carbonyl (C=O) groups excluding carboxylic acids is 1. The average Bonchev–Trinajstić information content (AvgIpc) is 2.41. The number of hydrogen-bond acceptors (Lipinski definition) is 3. The molecule has 3 nitrogen and oxygen atoms in total. The van der Waals surface area contributed by atoms with E-state index in [4.69, 9.17) is 4.74 Å². The largest absolute Gasteiger partial charge is 0.456 e. The molecule has 2 rings (SSSR count). The summed E-state index contributed by atoms with van der Waals surface area (Å²) < 4.78 is 6.31. The Morgan fingerprint density at radius 1 is 1.23 bits per heavy atom. The van der Waals surface area contributed by atoms with Crippen LogP contribution in [0.2, 0.25) is 0 Å². The molecule has 0 bridgehead atoms. The van der Waals surface area contributed by atoms with Gasteiger partial charge in [-0.15, -0.1) is 0 Å². The van der Waals surface area contributed by atoms with Gasteiger partial charge in [0.2, 0.25) is 0 Å². The van der Waals surface area contributed by atoms with Crippen molar-refractivity contribution in [3.63, 3.8) is 0 Å². The molecule has 0 fully saturated rings. The number of aryl methyl sites for hydroxylation is 1. The van der Waals surface area contributed by atoms with Crippen LogP contribution >= 0.6 is 15.9 Å². The van der Waals surface area contributed by atoms with Crippen LogP contribution in [0, 0.1) is 6.92 Å². The van der Waals surface area contributed by atoms with Gasteiger partial charge < -0.3 is 4.74 Å². The van der Waals surface area contributed by atoms with Gasteiger partial charge in [0.05, 0.1) is 5.56 Å². The fraction of sp³-hybridized carbons (Fsp3) is 0.333. The maximum absolute atomic E-state index is 12.4. The van der Waals surface area contributed by atoms with Crippen LogP contribution in [-0.4, -0.2) is 16.6 Å². The fourth-order valence-corrected chi connectivity index (χ4v) is 2.33. The number of ether oxygens (including phenoxy) is 1. The van der Waals surface area contributed by atoms with Gasteiger partial charge >= 0.3 is 5.97 Å². The van der Waals surface area contributed by atoms with Gasteiger partial charge in [0, 0.05) is 6.20 Å². The SMILES string of the molecule is Cc1ccc(Cc2ccc(Br)nc2)c(C(=O)OC(C)(C)C)c1. The lowest BCUT2D eigenvalue weighted by atomic mass is 9.98. The summed E-state index contributed by atoms with van der Waals surface area (Å²) >= 11 is 3.33. The maximum Gasteiger partial charge on any atom is 0.338 e. The number of esters is 1. The van der Waals surface area contributed by atoms with Crippen LogP contribution in [0.15, 0.2) is 41.1 Å². The third-order valence-electron chi connectivity index (χ3n) is 3.07. The van der Waals surface area contributed by atoms with E-state index in [1.165, 1.54) is 0 Å². The molecule has 0 unspecified atom stereocenters. The van der Waals surface area contributed by atoms with Crippen LogP contribution in [0.4, 0.5) is 0 Å². The molecule has 0 aliphatic rings. The number of hydrogen-bond donors (Lipinski definition) is 0. The number of carbonyl (C=O) groups is 1. The van der Waals surface area contributed by atoms with Gasteiger partial charge in [0.1, 0.15) is 10.2 Å². The maximum atomic E-state index is 12.4. The number of rotatable bonds is 3. The molecule has 1 aromatic heterocycles. The van der Waals surface area contributed by atoms with Crippen molar-refractivity contribution in [2.45, 2.75) is 39.7 Å². The Kier molecular flexibility index (Phi) is 5.01. The molecule has 1 heterocycles. The molecule has 0 aliphatic carbocycles. The van der Waals surface area contributed by atoms with E-state index >= 15 is 0 Å². The molecule has 0 amide bonds. The summed E-state index contributed by atoms with van der Waals surface area (Å²) in [6.07, 6.45) is 2.46. The van der Waals surface area contributed by atoms with Crippen LogP contribution in [0.25, 0.3) is 0 Å². The van der Waals surface area contributed by atoms with E-state index in [-0.39, 0.29) is 5.97 Å². The Hall–Kier alpha value is -1.68. The van der Waals surface area contributed by atoms with Crippen molar-refractivity contribution < 1.29 is 9.53 Å². The number of aromatic nitrogens is 1. The summed E-state index contributed by atoms with van der Waals surface area (Å²) in [6, 6.07) is 9.77. The quantitative estimate of drug-likeness (QED) is 0.587. The summed E-state index contributed by atoms with van der Waals surface area (Å²) in [4.78, 5) is 16.7. The van der Waals surface area contributed by atoms with Crippen molar-refractivity contribution in [1.29, 1.82) is 0 Å². The predicted octanol–water partition coefficient (Wildman–Crippen LogP) is 4.70. The molecule has 0 spiro atoms. The van der Waals surface area contributed by atoms with Crippen LogP contribution < -0.4 is 0 Å². The smallest absolute Gasteiger partial charge is 0.338 e. The Morgan fingerprint density at radius 2 is 1.95 bits per heavy atom. The number of nitrogens with zero attached hydrogens (tertiary/aromatic N) is 1. The van der Waals surface area contributed by atoms with Gasteiger partial charge in [0.15, 0.2) is 0 Å².